The molecule has 2 rings (SSSR count). The Morgan fingerprint density at radius 2 is 1.77 bits per heavy atom. The summed E-state index contributed by atoms with van der Waals surface area (Å²) in [4.78, 5) is 0. The van der Waals surface area contributed by atoms with Gasteiger partial charge >= 0.3 is 0 Å². The van der Waals surface area contributed by atoms with Crippen molar-refractivity contribution in [3.05, 3.63) is 42.1 Å². The molecule has 0 fully saturated rings. The van der Waals surface area contributed by atoms with E-state index in [1.807, 2.05) is 42.3 Å². The predicted octanol–water partition coefficient (Wildman–Crippen LogP) is 1.28. The molecule has 0 saturated carbocycles. The van der Waals surface area contributed by atoms with Crippen LogP contribution in [0.2, 0.25) is 0 Å². The Morgan fingerprint density at radius 1 is 1.08 bits per heavy atom. The standard InChI is InChI=1S/C10H13N3/c1-12-8-10(13(2)11-12)9-6-4-3-5-7-9/h3-8,11H,1-2H3. The lowest BCUT2D eigenvalue weighted by atomic mass is 10.2. The van der Waals surface area contributed by atoms with Crippen LogP contribution in [-0.4, -0.2) is 24.1 Å². The monoisotopic (exact) mass is 175 g/mol. The van der Waals surface area contributed by atoms with Crippen molar-refractivity contribution in [1.82, 2.24) is 15.6 Å². The zero-order valence-electron chi connectivity index (χ0n) is 7.86. The highest BCUT2D eigenvalue weighted by Crippen LogP contribution is 2.19. The summed E-state index contributed by atoms with van der Waals surface area (Å²) in [6.45, 7) is 0. The van der Waals surface area contributed by atoms with Crippen LogP contribution in [0.1, 0.15) is 5.56 Å². The summed E-state index contributed by atoms with van der Waals surface area (Å²) < 4.78 is 0. The van der Waals surface area contributed by atoms with Crippen LogP contribution in [0, 0.1) is 0 Å². The second-order valence-corrected chi connectivity index (χ2v) is 3.15. The minimum Gasteiger partial charge on any atom is -0.299 e. The first-order chi connectivity index (χ1) is 6.27. The van der Waals surface area contributed by atoms with Gasteiger partial charge in [0.2, 0.25) is 0 Å². The van der Waals surface area contributed by atoms with Crippen LogP contribution >= 0.6 is 0 Å². The van der Waals surface area contributed by atoms with Gasteiger partial charge in [-0.25, -0.2) is 0 Å². The van der Waals surface area contributed by atoms with Crippen LogP contribution in [0.25, 0.3) is 5.70 Å². The molecule has 0 atom stereocenters. The molecule has 0 saturated heterocycles. The van der Waals surface area contributed by atoms with Crippen molar-refractivity contribution in [2.45, 2.75) is 0 Å². The number of hydrazine groups is 2. The molecule has 0 radical (unpaired) electrons. The molecule has 1 aliphatic rings. The van der Waals surface area contributed by atoms with Crippen molar-refractivity contribution in [1.29, 1.82) is 0 Å². The Labute approximate surface area is 78.2 Å². The van der Waals surface area contributed by atoms with E-state index in [9.17, 15) is 0 Å². The van der Waals surface area contributed by atoms with Gasteiger partial charge in [-0.15, -0.1) is 5.53 Å². The van der Waals surface area contributed by atoms with Crippen molar-refractivity contribution in [2.24, 2.45) is 0 Å². The molecule has 1 N–H and O–H groups in total. The Morgan fingerprint density at radius 3 is 2.31 bits per heavy atom. The molecular weight excluding hydrogens is 162 g/mol. The molecule has 0 bridgehead atoms. The lowest BCUT2D eigenvalue weighted by molar-refractivity contribution is 0.199. The SMILES string of the molecule is CN1C=C(c2ccccc2)N(C)N1. The highest BCUT2D eigenvalue weighted by Gasteiger charge is 2.14. The molecule has 13 heavy (non-hydrogen) atoms. The van der Waals surface area contributed by atoms with Gasteiger partial charge in [-0.05, 0) is 0 Å². The maximum atomic E-state index is 3.14. The van der Waals surface area contributed by atoms with Gasteiger partial charge in [0.05, 0.1) is 5.70 Å². The Bertz CT molecular complexity index is 318. The summed E-state index contributed by atoms with van der Waals surface area (Å²) in [5.74, 6) is 0. The maximum Gasteiger partial charge on any atom is 0.0780 e. The van der Waals surface area contributed by atoms with Gasteiger partial charge in [-0.2, -0.15) is 0 Å². The fraction of sp³-hybridized carbons (Fsp3) is 0.200. The molecule has 0 amide bonds. The van der Waals surface area contributed by atoms with Gasteiger partial charge in [0.25, 0.3) is 0 Å². The number of benzene rings is 1. The maximum absolute atomic E-state index is 3.14. The van der Waals surface area contributed by atoms with E-state index >= 15 is 0 Å². The molecule has 1 aromatic rings. The Balaban J connectivity index is 2.32. The number of nitrogens with zero attached hydrogens (tertiary/aromatic N) is 2. The normalized spacial score (nSPS) is 16.3. The number of nitrogens with one attached hydrogen (secondary N) is 1. The summed E-state index contributed by atoms with van der Waals surface area (Å²) in [5.41, 5.74) is 5.55. The molecule has 1 heterocycles. The molecule has 1 aliphatic heterocycles. The van der Waals surface area contributed by atoms with Gasteiger partial charge in [0, 0.05) is 25.9 Å². The molecular formula is C10H13N3. The molecule has 0 spiro atoms. The molecule has 0 aliphatic carbocycles. The second kappa shape index (κ2) is 3.11. The lowest BCUT2D eigenvalue weighted by Crippen LogP contribution is -2.35. The molecule has 0 unspecified atom stereocenters. The lowest BCUT2D eigenvalue weighted by Gasteiger charge is -2.17. The topological polar surface area (TPSA) is 18.5 Å². The van der Waals surface area contributed by atoms with Crippen LogP contribution in [0.3, 0.4) is 0 Å². The summed E-state index contributed by atoms with van der Waals surface area (Å²) in [6, 6.07) is 10.3. The minimum absolute atomic E-state index is 1.18. The van der Waals surface area contributed by atoms with Crippen LogP contribution < -0.4 is 5.53 Å². The van der Waals surface area contributed by atoms with Crippen LogP contribution in [0.5, 0.6) is 0 Å². The van der Waals surface area contributed by atoms with E-state index in [2.05, 4.69) is 23.9 Å². The molecule has 0 aromatic heterocycles. The van der Waals surface area contributed by atoms with E-state index in [1.54, 1.807) is 0 Å². The average Bonchev–Trinajstić information content (AvgIpc) is 2.47. The summed E-state index contributed by atoms with van der Waals surface area (Å²) >= 11 is 0. The van der Waals surface area contributed by atoms with Gasteiger partial charge in [0.15, 0.2) is 0 Å². The Hall–Kier alpha value is -1.48. The van der Waals surface area contributed by atoms with Crippen molar-refractivity contribution in [3.63, 3.8) is 0 Å². The van der Waals surface area contributed by atoms with Gasteiger partial charge in [0.1, 0.15) is 0 Å². The van der Waals surface area contributed by atoms with Crippen molar-refractivity contribution >= 4 is 5.70 Å². The molecule has 3 heteroatoms. The Kier molecular flexibility index (Phi) is 1.94. The zero-order chi connectivity index (χ0) is 9.26. The van der Waals surface area contributed by atoms with E-state index in [-0.39, 0.29) is 0 Å². The largest absolute Gasteiger partial charge is 0.299 e. The molecule has 68 valence electrons. The molecule has 3 nitrogen and oxygen atoms in total. The predicted molar refractivity (Wildman–Crippen MR) is 53.1 cm³/mol. The van der Waals surface area contributed by atoms with Crippen LogP contribution in [0.15, 0.2) is 36.5 Å². The fourth-order valence-corrected chi connectivity index (χ4v) is 1.47. The summed E-state index contributed by atoms with van der Waals surface area (Å²) in [7, 11) is 3.98. The van der Waals surface area contributed by atoms with E-state index < -0.39 is 0 Å². The summed E-state index contributed by atoms with van der Waals surface area (Å²) in [5, 5.41) is 3.93. The van der Waals surface area contributed by atoms with E-state index in [1.165, 1.54) is 11.3 Å². The zero-order valence-corrected chi connectivity index (χ0v) is 7.86. The quantitative estimate of drug-likeness (QED) is 0.693. The van der Waals surface area contributed by atoms with Crippen molar-refractivity contribution in [2.75, 3.05) is 14.1 Å². The van der Waals surface area contributed by atoms with Crippen LogP contribution in [0.4, 0.5) is 0 Å². The van der Waals surface area contributed by atoms with Crippen LogP contribution in [-0.2, 0) is 0 Å². The first kappa shape index (κ1) is 8.13. The van der Waals surface area contributed by atoms with E-state index in [4.69, 9.17) is 0 Å². The first-order valence-corrected chi connectivity index (χ1v) is 4.27. The third kappa shape index (κ3) is 1.51. The summed E-state index contributed by atoms with van der Waals surface area (Å²) in [6.07, 6.45) is 2.06. The fourth-order valence-electron chi connectivity index (χ4n) is 1.47. The number of hydrogen-bond acceptors (Lipinski definition) is 3. The highest BCUT2D eigenvalue weighted by molar-refractivity contribution is 5.64. The van der Waals surface area contributed by atoms with E-state index in [0.717, 1.165) is 0 Å². The smallest absolute Gasteiger partial charge is 0.0780 e. The number of rotatable bonds is 1. The highest BCUT2D eigenvalue weighted by atomic mass is 15.8. The third-order valence-electron chi connectivity index (χ3n) is 2.05. The van der Waals surface area contributed by atoms with Gasteiger partial charge < -0.3 is 0 Å². The minimum atomic E-state index is 1.18. The van der Waals surface area contributed by atoms with Gasteiger partial charge in [-0.1, -0.05) is 30.3 Å². The van der Waals surface area contributed by atoms with Crippen molar-refractivity contribution in [3.8, 4) is 0 Å². The third-order valence-corrected chi connectivity index (χ3v) is 2.05. The van der Waals surface area contributed by atoms with Gasteiger partial charge in [-0.3, -0.25) is 10.0 Å². The first-order valence-electron chi connectivity index (χ1n) is 4.27. The average molecular weight is 175 g/mol. The van der Waals surface area contributed by atoms with Crippen molar-refractivity contribution < 1.29 is 0 Å². The van der Waals surface area contributed by atoms with E-state index in [0.29, 0.717) is 0 Å². The molecule has 1 aromatic carbocycles. The second-order valence-electron chi connectivity index (χ2n) is 3.15. The number of hydrogen-bond donors (Lipinski definition) is 1.